The van der Waals surface area contributed by atoms with Gasteiger partial charge >= 0.3 is 72.7 Å². The Morgan fingerprint density at radius 3 is 1.08 bits per heavy atom. The van der Waals surface area contributed by atoms with Crippen molar-refractivity contribution in [3.8, 4) is 0 Å². The van der Waals surface area contributed by atoms with Gasteiger partial charge in [-0.1, -0.05) is 13.2 Å². The van der Waals surface area contributed by atoms with E-state index in [0.29, 0.717) is 0 Å². The van der Waals surface area contributed by atoms with Crippen molar-refractivity contribution < 1.29 is 19.8 Å². The van der Waals surface area contributed by atoms with Gasteiger partial charge in [0.2, 0.25) is 0 Å². The van der Waals surface area contributed by atoms with Crippen LogP contribution in [-0.2, 0) is 9.59 Å². The van der Waals surface area contributed by atoms with Crippen molar-refractivity contribution >= 4 is 72.7 Å². The Labute approximate surface area is 116 Å². The van der Waals surface area contributed by atoms with E-state index in [-0.39, 0.29) is 60.8 Å². The minimum Gasteiger partial charge on any atom is 0.316 e. The molecule has 0 saturated heterocycles. The molecule has 0 aliphatic carbocycles. The molecule has 0 saturated carbocycles. The van der Waals surface area contributed by atoms with Crippen LogP contribution in [0.15, 0.2) is 25.3 Å². The van der Waals surface area contributed by atoms with Gasteiger partial charge in [0.25, 0.3) is 0 Å². The van der Waals surface area contributed by atoms with E-state index in [1.807, 2.05) is 0 Å². The van der Waals surface area contributed by atoms with Gasteiger partial charge < -0.3 is 10.2 Å². The first-order valence-electron chi connectivity index (χ1n) is 2.25. The van der Waals surface area contributed by atoms with Crippen LogP contribution in [-0.4, -0.2) is 82.9 Å². The van der Waals surface area contributed by atoms with Crippen molar-refractivity contribution in [3.63, 3.8) is 0 Å². The van der Waals surface area contributed by atoms with Crippen molar-refractivity contribution in [3.05, 3.63) is 25.3 Å². The van der Waals surface area contributed by atoms with E-state index in [1.54, 1.807) is 0 Å². The van der Waals surface area contributed by atoms with Crippen LogP contribution in [0, 0.1) is 0 Å². The van der Waals surface area contributed by atoms with Gasteiger partial charge in [-0.05, 0) is 0 Å². The maximum atomic E-state index is 9.25. The molecular weight excluding hydrogens is 200 g/mol. The molecule has 0 rings (SSSR count). The number of aliphatic carboxylic acids is 2. The summed E-state index contributed by atoms with van der Waals surface area (Å²) >= 11 is 0. The number of carboxylic acid groups (broad SMARTS) is 2. The molecular formula is C6H12CaMgO4. The molecule has 0 fully saturated rings. The van der Waals surface area contributed by atoms with E-state index in [4.69, 9.17) is 10.2 Å². The second-order valence-electron chi connectivity index (χ2n) is 1.08. The second kappa shape index (κ2) is 17.5. The maximum Gasteiger partial charge on any atom is 0.316 e. The van der Waals surface area contributed by atoms with Gasteiger partial charge in [0, 0.05) is 12.2 Å². The van der Waals surface area contributed by atoms with Crippen molar-refractivity contribution in [2.24, 2.45) is 0 Å². The first-order valence-corrected chi connectivity index (χ1v) is 2.25. The van der Waals surface area contributed by atoms with Crippen molar-refractivity contribution in [1.82, 2.24) is 0 Å². The molecule has 0 aromatic carbocycles. The molecule has 64 valence electrons. The molecule has 12 heavy (non-hydrogen) atoms. The molecule has 6 heteroatoms. The molecule has 0 unspecified atom stereocenters. The standard InChI is InChI=1S/2C3H4O2.Ca.Mg.4H/c2*1-2-3(4)5;;;;;;/h2*2H,1H2,(H,4,5);;;;;;. The van der Waals surface area contributed by atoms with Crippen molar-refractivity contribution in [1.29, 1.82) is 0 Å². The summed E-state index contributed by atoms with van der Waals surface area (Å²) in [4.78, 5) is 18.5. The number of rotatable bonds is 2. The largest absolute Gasteiger partial charge is 0.316 e. The van der Waals surface area contributed by atoms with Gasteiger partial charge in [0.1, 0.15) is 0 Å². The molecule has 0 spiro atoms. The monoisotopic (exact) mass is 212 g/mol. The summed E-state index contributed by atoms with van der Waals surface area (Å²) in [5.74, 6) is -1.96. The van der Waals surface area contributed by atoms with Crippen LogP contribution in [0.3, 0.4) is 0 Å². The van der Waals surface area contributed by atoms with Crippen LogP contribution < -0.4 is 0 Å². The number of carbonyl (C=O) groups is 2. The van der Waals surface area contributed by atoms with E-state index in [2.05, 4.69) is 13.2 Å². The van der Waals surface area contributed by atoms with Crippen molar-refractivity contribution in [2.75, 3.05) is 0 Å². The third-order valence-corrected chi connectivity index (χ3v) is 0.349. The minimum atomic E-state index is -0.981. The van der Waals surface area contributed by atoms with Crippen molar-refractivity contribution in [2.45, 2.75) is 0 Å². The van der Waals surface area contributed by atoms with Crippen LogP contribution in [0.1, 0.15) is 0 Å². The Bertz CT molecular complexity index is 140. The van der Waals surface area contributed by atoms with E-state index in [1.165, 1.54) is 0 Å². The molecule has 0 heterocycles. The normalized spacial score (nSPS) is 5.33. The van der Waals surface area contributed by atoms with Gasteiger partial charge in [-0.15, -0.1) is 0 Å². The van der Waals surface area contributed by atoms with Crippen LogP contribution >= 0.6 is 0 Å². The summed E-state index contributed by atoms with van der Waals surface area (Å²) < 4.78 is 0. The summed E-state index contributed by atoms with van der Waals surface area (Å²) in [5, 5.41) is 15.2. The Kier molecular flexibility index (Phi) is 33.4. The van der Waals surface area contributed by atoms with Gasteiger partial charge in [0.05, 0.1) is 0 Å². The molecule has 0 aliphatic rings. The Balaban J connectivity index is -0.0000000457. The zero-order valence-electron chi connectivity index (χ0n) is 5.28. The van der Waals surface area contributed by atoms with E-state index >= 15 is 0 Å². The van der Waals surface area contributed by atoms with Gasteiger partial charge in [-0.3, -0.25) is 0 Å². The fourth-order valence-corrected chi connectivity index (χ4v) is 0. The number of hydrogen-bond acceptors (Lipinski definition) is 2. The molecule has 0 aromatic rings. The summed E-state index contributed by atoms with van der Waals surface area (Å²) in [7, 11) is 0. The molecule has 0 aliphatic heterocycles. The summed E-state index contributed by atoms with van der Waals surface area (Å²) in [5.41, 5.74) is 0. The van der Waals surface area contributed by atoms with Gasteiger partial charge in [0.15, 0.2) is 0 Å². The van der Waals surface area contributed by atoms with E-state index in [9.17, 15) is 9.59 Å². The Hall–Kier alpha value is 0.446. The predicted octanol–water partition coefficient (Wildman–Crippen LogP) is -1.32. The molecule has 0 radical (unpaired) electrons. The van der Waals surface area contributed by atoms with E-state index in [0.717, 1.165) is 12.2 Å². The molecule has 4 nitrogen and oxygen atoms in total. The summed E-state index contributed by atoms with van der Waals surface area (Å²) in [6.45, 7) is 5.92. The quantitative estimate of drug-likeness (QED) is 0.440. The van der Waals surface area contributed by atoms with Crippen LogP contribution in [0.4, 0.5) is 0 Å². The van der Waals surface area contributed by atoms with Crippen LogP contribution in [0.25, 0.3) is 0 Å². The maximum absolute atomic E-state index is 9.25. The molecule has 2 N–H and O–H groups in total. The first kappa shape index (κ1) is 22.9. The minimum absolute atomic E-state index is 0. The fourth-order valence-electron chi connectivity index (χ4n) is 0. The molecule has 0 bridgehead atoms. The molecule has 0 aromatic heterocycles. The average Bonchev–Trinajstić information content (AvgIpc) is 1.89. The van der Waals surface area contributed by atoms with E-state index < -0.39 is 11.9 Å². The molecule has 0 amide bonds. The fraction of sp³-hybridized carbons (Fsp3) is 0. The average molecular weight is 213 g/mol. The van der Waals surface area contributed by atoms with Crippen LogP contribution in [0.2, 0.25) is 0 Å². The smallest absolute Gasteiger partial charge is 0.316 e. The topological polar surface area (TPSA) is 74.6 Å². The van der Waals surface area contributed by atoms with Gasteiger partial charge in [-0.25, -0.2) is 9.59 Å². The predicted molar refractivity (Wildman–Crippen MR) is 52.8 cm³/mol. The summed E-state index contributed by atoms with van der Waals surface area (Å²) in [6, 6.07) is 0. The third kappa shape index (κ3) is 47.2. The Morgan fingerprint density at radius 2 is 1.08 bits per heavy atom. The number of hydrogen-bond donors (Lipinski definition) is 2. The number of carboxylic acids is 2. The first-order chi connectivity index (χ1) is 4.54. The molecule has 0 atom stereocenters. The second-order valence-corrected chi connectivity index (χ2v) is 1.08. The summed E-state index contributed by atoms with van der Waals surface area (Å²) in [6.07, 6.45) is 1.67. The SMILES string of the molecule is C=CC(=O)O.C=CC(=O)O.[CaH2].[MgH2]. The van der Waals surface area contributed by atoms with Crippen LogP contribution in [0.5, 0.6) is 0 Å². The third-order valence-electron chi connectivity index (χ3n) is 0.349. The zero-order chi connectivity index (χ0) is 8.57. The van der Waals surface area contributed by atoms with Gasteiger partial charge in [-0.2, -0.15) is 0 Å². The Morgan fingerprint density at radius 1 is 1.00 bits per heavy atom. The zero-order valence-corrected chi connectivity index (χ0v) is 5.28.